The standard InChI is InChI=1S/C18H21ClN2O3/c1-12-4-9-16(24-12)11-21(3)18(23)10-17(20-13(2)22)14-5-7-15(19)8-6-14/h4-9,17H,10-11H2,1-3H3,(H,20,22). The minimum absolute atomic E-state index is 0.0854. The van der Waals surface area contributed by atoms with Crippen LogP contribution in [0.5, 0.6) is 0 Å². The highest BCUT2D eigenvalue weighted by Gasteiger charge is 2.20. The summed E-state index contributed by atoms with van der Waals surface area (Å²) in [6, 6.07) is 10.4. The van der Waals surface area contributed by atoms with Crippen LogP contribution in [0.3, 0.4) is 0 Å². The molecule has 0 aliphatic rings. The van der Waals surface area contributed by atoms with Crippen molar-refractivity contribution in [1.82, 2.24) is 10.2 Å². The highest BCUT2D eigenvalue weighted by atomic mass is 35.5. The molecule has 1 heterocycles. The first-order valence-corrected chi connectivity index (χ1v) is 8.05. The largest absolute Gasteiger partial charge is 0.464 e. The molecule has 1 aromatic heterocycles. The molecule has 5 nitrogen and oxygen atoms in total. The first-order chi connectivity index (χ1) is 11.3. The number of amides is 2. The number of furan rings is 1. The number of halogens is 1. The molecule has 1 N–H and O–H groups in total. The van der Waals surface area contributed by atoms with Crippen molar-refractivity contribution in [2.24, 2.45) is 0 Å². The molecule has 0 saturated carbocycles. The summed E-state index contributed by atoms with van der Waals surface area (Å²) in [5.74, 6) is 1.26. The Hall–Kier alpha value is -2.27. The van der Waals surface area contributed by atoms with Gasteiger partial charge in [0.25, 0.3) is 0 Å². The van der Waals surface area contributed by atoms with E-state index in [1.54, 1.807) is 24.1 Å². The van der Waals surface area contributed by atoms with Crippen LogP contribution in [0.15, 0.2) is 40.8 Å². The second-order valence-corrected chi connectivity index (χ2v) is 6.21. The molecule has 0 aliphatic heterocycles. The zero-order valence-corrected chi connectivity index (χ0v) is 14.8. The fraction of sp³-hybridized carbons (Fsp3) is 0.333. The predicted molar refractivity (Wildman–Crippen MR) is 92.5 cm³/mol. The second kappa shape index (κ2) is 8.02. The van der Waals surface area contributed by atoms with Gasteiger partial charge in [-0.1, -0.05) is 23.7 Å². The molecule has 128 valence electrons. The number of carbonyl (C=O) groups is 2. The lowest BCUT2D eigenvalue weighted by atomic mass is 10.0. The van der Waals surface area contributed by atoms with Crippen LogP contribution in [-0.4, -0.2) is 23.8 Å². The second-order valence-electron chi connectivity index (χ2n) is 5.77. The van der Waals surface area contributed by atoms with Crippen molar-refractivity contribution in [3.8, 4) is 0 Å². The van der Waals surface area contributed by atoms with E-state index >= 15 is 0 Å². The Labute approximate surface area is 146 Å². The minimum atomic E-state index is -0.395. The Morgan fingerprint density at radius 1 is 1.21 bits per heavy atom. The lowest BCUT2D eigenvalue weighted by Gasteiger charge is -2.22. The van der Waals surface area contributed by atoms with E-state index in [0.29, 0.717) is 11.6 Å². The van der Waals surface area contributed by atoms with E-state index in [9.17, 15) is 9.59 Å². The van der Waals surface area contributed by atoms with Crippen molar-refractivity contribution < 1.29 is 14.0 Å². The first-order valence-electron chi connectivity index (χ1n) is 7.67. The number of nitrogens with zero attached hydrogens (tertiary/aromatic N) is 1. The van der Waals surface area contributed by atoms with Crippen LogP contribution in [0, 0.1) is 6.92 Å². The van der Waals surface area contributed by atoms with E-state index < -0.39 is 6.04 Å². The Morgan fingerprint density at radius 3 is 2.42 bits per heavy atom. The maximum Gasteiger partial charge on any atom is 0.225 e. The molecule has 0 aliphatic carbocycles. The normalized spacial score (nSPS) is 11.8. The number of carbonyl (C=O) groups excluding carboxylic acids is 2. The van der Waals surface area contributed by atoms with Crippen LogP contribution in [-0.2, 0) is 16.1 Å². The number of aryl methyl sites for hydroxylation is 1. The smallest absolute Gasteiger partial charge is 0.225 e. The van der Waals surface area contributed by atoms with Crippen molar-refractivity contribution >= 4 is 23.4 Å². The average Bonchev–Trinajstić information content (AvgIpc) is 2.92. The molecule has 1 aromatic carbocycles. The van der Waals surface area contributed by atoms with Gasteiger partial charge in [0.2, 0.25) is 11.8 Å². The lowest BCUT2D eigenvalue weighted by Crippen LogP contribution is -2.33. The highest BCUT2D eigenvalue weighted by Crippen LogP contribution is 2.21. The van der Waals surface area contributed by atoms with Gasteiger partial charge < -0.3 is 14.6 Å². The van der Waals surface area contributed by atoms with Gasteiger partial charge >= 0.3 is 0 Å². The lowest BCUT2D eigenvalue weighted by molar-refractivity contribution is -0.131. The maximum absolute atomic E-state index is 12.5. The van der Waals surface area contributed by atoms with Gasteiger partial charge in [0.05, 0.1) is 19.0 Å². The van der Waals surface area contributed by atoms with E-state index in [4.69, 9.17) is 16.0 Å². The third-order valence-corrected chi connectivity index (χ3v) is 3.90. The average molecular weight is 349 g/mol. The monoisotopic (exact) mass is 348 g/mol. The van der Waals surface area contributed by atoms with Crippen molar-refractivity contribution in [2.45, 2.75) is 32.9 Å². The van der Waals surface area contributed by atoms with Gasteiger partial charge in [-0.2, -0.15) is 0 Å². The van der Waals surface area contributed by atoms with E-state index in [0.717, 1.165) is 17.1 Å². The fourth-order valence-electron chi connectivity index (χ4n) is 2.42. The molecule has 0 spiro atoms. The number of hydrogen-bond acceptors (Lipinski definition) is 3. The van der Waals surface area contributed by atoms with Gasteiger partial charge in [0, 0.05) is 19.0 Å². The molecule has 2 amide bonds. The summed E-state index contributed by atoms with van der Waals surface area (Å²) in [4.78, 5) is 25.5. The summed E-state index contributed by atoms with van der Waals surface area (Å²) < 4.78 is 5.49. The number of hydrogen-bond donors (Lipinski definition) is 1. The Morgan fingerprint density at radius 2 is 1.88 bits per heavy atom. The highest BCUT2D eigenvalue weighted by molar-refractivity contribution is 6.30. The van der Waals surface area contributed by atoms with Crippen molar-refractivity contribution in [1.29, 1.82) is 0 Å². The Balaban J connectivity index is 2.05. The third-order valence-electron chi connectivity index (χ3n) is 3.64. The summed E-state index contributed by atoms with van der Waals surface area (Å²) in [7, 11) is 1.72. The summed E-state index contributed by atoms with van der Waals surface area (Å²) >= 11 is 5.90. The SMILES string of the molecule is CC(=O)NC(CC(=O)N(C)Cc1ccc(C)o1)c1ccc(Cl)cc1. The zero-order valence-electron chi connectivity index (χ0n) is 14.0. The number of nitrogens with one attached hydrogen (secondary N) is 1. The molecule has 1 atom stereocenters. The molecule has 0 bridgehead atoms. The predicted octanol–water partition coefficient (Wildman–Crippen LogP) is 3.47. The summed E-state index contributed by atoms with van der Waals surface area (Å²) in [6.07, 6.45) is 0.164. The maximum atomic E-state index is 12.5. The fourth-order valence-corrected chi connectivity index (χ4v) is 2.54. The van der Waals surface area contributed by atoms with Gasteiger partial charge in [0.15, 0.2) is 0 Å². The first kappa shape index (κ1) is 18.1. The number of rotatable bonds is 6. The van der Waals surface area contributed by atoms with E-state index in [-0.39, 0.29) is 18.2 Å². The van der Waals surface area contributed by atoms with Gasteiger partial charge in [-0.15, -0.1) is 0 Å². The molecule has 2 rings (SSSR count). The quantitative estimate of drug-likeness (QED) is 0.869. The van der Waals surface area contributed by atoms with Crippen molar-refractivity contribution in [2.75, 3.05) is 7.05 Å². The van der Waals surface area contributed by atoms with Crippen LogP contribution in [0.2, 0.25) is 5.02 Å². The van der Waals surface area contributed by atoms with Crippen LogP contribution >= 0.6 is 11.6 Å². The van der Waals surface area contributed by atoms with Crippen LogP contribution in [0.25, 0.3) is 0 Å². The van der Waals surface area contributed by atoms with Gasteiger partial charge in [0.1, 0.15) is 11.5 Å². The molecule has 24 heavy (non-hydrogen) atoms. The topological polar surface area (TPSA) is 62.6 Å². The van der Waals surface area contributed by atoms with E-state index in [1.165, 1.54) is 6.92 Å². The van der Waals surface area contributed by atoms with Gasteiger partial charge in [-0.3, -0.25) is 9.59 Å². The summed E-state index contributed by atoms with van der Waals surface area (Å²) in [6.45, 7) is 3.68. The molecule has 0 radical (unpaired) electrons. The minimum Gasteiger partial charge on any atom is -0.464 e. The van der Waals surface area contributed by atoms with Gasteiger partial charge in [-0.25, -0.2) is 0 Å². The molecule has 0 fully saturated rings. The molecule has 6 heteroatoms. The van der Waals surface area contributed by atoms with Gasteiger partial charge in [-0.05, 0) is 36.8 Å². The number of benzene rings is 1. The Kier molecular flexibility index (Phi) is 6.04. The van der Waals surface area contributed by atoms with Crippen LogP contribution in [0.4, 0.5) is 0 Å². The summed E-state index contributed by atoms with van der Waals surface area (Å²) in [5, 5.41) is 3.42. The Bertz CT molecular complexity index is 709. The van der Waals surface area contributed by atoms with Crippen molar-refractivity contribution in [3.63, 3.8) is 0 Å². The zero-order chi connectivity index (χ0) is 17.7. The van der Waals surface area contributed by atoms with Crippen LogP contribution < -0.4 is 5.32 Å². The van der Waals surface area contributed by atoms with E-state index in [1.807, 2.05) is 31.2 Å². The molecule has 1 unspecified atom stereocenters. The third kappa shape index (κ3) is 5.13. The molecule has 0 saturated heterocycles. The van der Waals surface area contributed by atoms with Crippen LogP contribution in [0.1, 0.15) is 36.5 Å². The van der Waals surface area contributed by atoms with E-state index in [2.05, 4.69) is 5.32 Å². The van der Waals surface area contributed by atoms with Crippen molar-refractivity contribution in [3.05, 3.63) is 58.5 Å². The molecule has 2 aromatic rings. The molecular weight excluding hydrogens is 328 g/mol. The summed E-state index contributed by atoms with van der Waals surface area (Å²) in [5.41, 5.74) is 0.838. The molecular formula is C18H21ClN2O3.